The van der Waals surface area contributed by atoms with E-state index in [0.29, 0.717) is 18.5 Å². The molecule has 2 N–H and O–H groups in total. The van der Waals surface area contributed by atoms with Crippen molar-refractivity contribution in [2.24, 2.45) is 5.41 Å². The highest BCUT2D eigenvalue weighted by Crippen LogP contribution is 2.31. The first kappa shape index (κ1) is 28.8. The monoisotopic (exact) mass is 512 g/mol. The second-order valence-corrected chi connectivity index (χ2v) is 9.93. The van der Waals surface area contributed by atoms with Gasteiger partial charge in [0.05, 0.1) is 11.1 Å². The zero-order chi connectivity index (χ0) is 27.2. The minimum absolute atomic E-state index is 0.0425. The molecular weight excluding hydrogens is 472 g/mol. The molecule has 5 nitrogen and oxygen atoms in total. The second kappa shape index (κ2) is 14.9. The maximum atomic E-state index is 12.6. The number of aliphatic carboxylic acids is 1. The molecule has 38 heavy (non-hydrogen) atoms. The lowest BCUT2D eigenvalue weighted by Crippen LogP contribution is -2.34. The number of carbonyl (C=O) groups is 2. The number of carboxylic acids is 1. The fourth-order valence-electron chi connectivity index (χ4n) is 4.66. The number of hydrogen-bond acceptors (Lipinski definition) is 3. The number of carbonyl (C=O) groups excluding carboxylic acids is 1. The summed E-state index contributed by atoms with van der Waals surface area (Å²) >= 11 is 0. The first-order valence-electron chi connectivity index (χ1n) is 13.8. The summed E-state index contributed by atoms with van der Waals surface area (Å²) < 4.78 is 0. The van der Waals surface area contributed by atoms with Crippen LogP contribution in [0.25, 0.3) is 12.2 Å². The molecule has 5 heteroatoms. The fourth-order valence-corrected chi connectivity index (χ4v) is 4.66. The van der Waals surface area contributed by atoms with E-state index in [-0.39, 0.29) is 12.3 Å². The standard InChI is InChI=1S/C33H40N2O3/c1-3-33(4-2,32(37)38)25-31(36)35-30-21-12-17-27(24-30)22-23-29-20-13-19-28(34-29)18-11-6-5-8-14-26-15-9-7-10-16-26/h7,9-10,12-13,15-17,19-24H,3-6,8,11,14,18,25H2,1-2H3,(H,35,36)(H,37,38). The van der Waals surface area contributed by atoms with Gasteiger partial charge in [-0.3, -0.25) is 14.6 Å². The van der Waals surface area contributed by atoms with Crippen molar-refractivity contribution in [3.05, 3.63) is 95.3 Å². The molecule has 0 atom stereocenters. The summed E-state index contributed by atoms with van der Waals surface area (Å²) in [5.41, 5.74) is 3.97. The molecule has 0 aliphatic rings. The van der Waals surface area contributed by atoms with Crippen LogP contribution in [0.1, 0.15) is 81.3 Å². The lowest BCUT2D eigenvalue weighted by atomic mass is 9.79. The zero-order valence-corrected chi connectivity index (χ0v) is 22.7. The summed E-state index contributed by atoms with van der Waals surface area (Å²) in [5, 5.41) is 12.5. The van der Waals surface area contributed by atoms with Gasteiger partial charge < -0.3 is 10.4 Å². The Morgan fingerprint density at radius 3 is 2.26 bits per heavy atom. The normalized spacial score (nSPS) is 11.5. The van der Waals surface area contributed by atoms with E-state index in [9.17, 15) is 14.7 Å². The number of benzene rings is 2. The highest BCUT2D eigenvalue weighted by molar-refractivity contribution is 5.94. The van der Waals surface area contributed by atoms with Crippen LogP contribution in [0.5, 0.6) is 0 Å². The van der Waals surface area contributed by atoms with Crippen LogP contribution < -0.4 is 5.32 Å². The summed E-state index contributed by atoms with van der Waals surface area (Å²) in [6.45, 7) is 3.62. The smallest absolute Gasteiger partial charge is 0.310 e. The molecule has 3 aromatic rings. The Morgan fingerprint density at radius 2 is 1.55 bits per heavy atom. The van der Waals surface area contributed by atoms with E-state index in [1.54, 1.807) is 0 Å². The molecule has 0 aliphatic heterocycles. The van der Waals surface area contributed by atoms with Crippen LogP contribution in [-0.4, -0.2) is 22.0 Å². The zero-order valence-electron chi connectivity index (χ0n) is 22.7. The molecule has 0 fully saturated rings. The number of unbranched alkanes of at least 4 members (excludes halogenated alkanes) is 3. The third-order valence-corrected chi connectivity index (χ3v) is 7.24. The first-order chi connectivity index (χ1) is 18.4. The molecule has 0 radical (unpaired) electrons. The Bertz CT molecular complexity index is 1200. The Labute approximate surface area is 227 Å². The van der Waals surface area contributed by atoms with Gasteiger partial charge >= 0.3 is 5.97 Å². The Balaban J connectivity index is 1.49. The number of aromatic nitrogens is 1. The van der Waals surface area contributed by atoms with Crippen LogP contribution in [0, 0.1) is 5.41 Å². The molecule has 0 bridgehead atoms. The van der Waals surface area contributed by atoms with Crippen LogP contribution in [-0.2, 0) is 22.4 Å². The number of nitrogens with one attached hydrogen (secondary N) is 1. The molecule has 1 heterocycles. The van der Waals surface area contributed by atoms with Crippen molar-refractivity contribution in [2.75, 3.05) is 5.32 Å². The van der Waals surface area contributed by atoms with Gasteiger partial charge in [0.2, 0.25) is 5.91 Å². The van der Waals surface area contributed by atoms with Crippen molar-refractivity contribution in [3.63, 3.8) is 0 Å². The summed E-state index contributed by atoms with van der Waals surface area (Å²) in [4.78, 5) is 29.1. The number of amides is 1. The summed E-state index contributed by atoms with van der Waals surface area (Å²) in [5.74, 6) is -1.21. The summed E-state index contributed by atoms with van der Waals surface area (Å²) in [6, 6.07) is 24.3. The minimum Gasteiger partial charge on any atom is -0.481 e. The molecule has 3 rings (SSSR count). The van der Waals surface area contributed by atoms with Gasteiger partial charge in [-0.15, -0.1) is 0 Å². The van der Waals surface area contributed by atoms with Crippen molar-refractivity contribution < 1.29 is 14.7 Å². The Morgan fingerprint density at radius 1 is 0.842 bits per heavy atom. The van der Waals surface area contributed by atoms with E-state index in [1.165, 1.54) is 24.8 Å². The maximum Gasteiger partial charge on any atom is 0.310 e. The van der Waals surface area contributed by atoms with Crippen LogP contribution in [0.4, 0.5) is 5.69 Å². The van der Waals surface area contributed by atoms with Gasteiger partial charge in [-0.05, 0) is 80.0 Å². The molecule has 200 valence electrons. The van der Waals surface area contributed by atoms with Crippen LogP contribution in [0.2, 0.25) is 0 Å². The number of carboxylic acid groups (broad SMARTS) is 1. The predicted molar refractivity (Wildman–Crippen MR) is 156 cm³/mol. The summed E-state index contributed by atoms with van der Waals surface area (Å²) in [6.07, 6.45) is 11.6. The van der Waals surface area contributed by atoms with E-state index in [0.717, 1.165) is 36.2 Å². The van der Waals surface area contributed by atoms with Crippen molar-refractivity contribution in [3.8, 4) is 0 Å². The van der Waals surface area contributed by atoms with Crippen molar-refractivity contribution in [1.29, 1.82) is 0 Å². The average Bonchev–Trinajstić information content (AvgIpc) is 2.93. The number of anilines is 1. The quantitative estimate of drug-likeness (QED) is 0.203. The maximum absolute atomic E-state index is 12.6. The van der Waals surface area contributed by atoms with Crippen molar-refractivity contribution >= 4 is 29.7 Å². The molecule has 2 aromatic carbocycles. The second-order valence-electron chi connectivity index (χ2n) is 9.93. The predicted octanol–water partition coefficient (Wildman–Crippen LogP) is 7.82. The van der Waals surface area contributed by atoms with E-state index < -0.39 is 11.4 Å². The highest BCUT2D eigenvalue weighted by Gasteiger charge is 2.37. The number of hydrogen-bond donors (Lipinski definition) is 2. The lowest BCUT2D eigenvalue weighted by molar-refractivity contribution is -0.151. The topological polar surface area (TPSA) is 79.3 Å². The van der Waals surface area contributed by atoms with E-state index >= 15 is 0 Å². The largest absolute Gasteiger partial charge is 0.481 e. The van der Waals surface area contributed by atoms with Gasteiger partial charge in [0.1, 0.15) is 0 Å². The molecule has 0 saturated heterocycles. The Hall–Kier alpha value is -3.73. The van der Waals surface area contributed by atoms with Gasteiger partial charge in [-0.1, -0.05) is 81.3 Å². The summed E-state index contributed by atoms with van der Waals surface area (Å²) in [7, 11) is 0. The van der Waals surface area contributed by atoms with Crippen LogP contribution >= 0.6 is 0 Å². The van der Waals surface area contributed by atoms with Gasteiger partial charge in [-0.25, -0.2) is 0 Å². The highest BCUT2D eigenvalue weighted by atomic mass is 16.4. The first-order valence-corrected chi connectivity index (χ1v) is 13.8. The molecule has 0 aliphatic carbocycles. The van der Waals surface area contributed by atoms with Crippen molar-refractivity contribution in [1.82, 2.24) is 4.98 Å². The molecular formula is C33H40N2O3. The number of rotatable bonds is 15. The van der Waals surface area contributed by atoms with Gasteiger partial charge in [0, 0.05) is 17.8 Å². The molecule has 0 unspecified atom stereocenters. The van der Waals surface area contributed by atoms with E-state index in [4.69, 9.17) is 4.98 Å². The molecule has 1 aromatic heterocycles. The minimum atomic E-state index is -1.03. The molecule has 0 saturated carbocycles. The van der Waals surface area contributed by atoms with Gasteiger partial charge in [0.15, 0.2) is 0 Å². The van der Waals surface area contributed by atoms with E-state index in [1.807, 2.05) is 62.4 Å². The number of pyridine rings is 1. The Kier molecular flexibility index (Phi) is 11.3. The SMILES string of the molecule is CCC(CC)(CC(=O)Nc1cccc(C=Cc2cccc(CCCCCCc3ccccc3)n2)c1)C(=O)O. The van der Waals surface area contributed by atoms with Gasteiger partial charge in [-0.2, -0.15) is 0 Å². The third kappa shape index (κ3) is 8.98. The molecule has 0 spiro atoms. The molecule has 1 amide bonds. The number of aryl methyl sites for hydroxylation is 2. The number of nitrogens with zero attached hydrogens (tertiary/aromatic N) is 1. The third-order valence-electron chi connectivity index (χ3n) is 7.24. The fraction of sp³-hybridized carbons (Fsp3) is 0.364. The van der Waals surface area contributed by atoms with E-state index in [2.05, 4.69) is 41.7 Å². The average molecular weight is 513 g/mol. The van der Waals surface area contributed by atoms with Crippen molar-refractivity contribution in [2.45, 2.75) is 71.6 Å². The van der Waals surface area contributed by atoms with Gasteiger partial charge in [0.25, 0.3) is 0 Å². The lowest BCUT2D eigenvalue weighted by Gasteiger charge is -2.25. The van der Waals surface area contributed by atoms with Crippen LogP contribution in [0.15, 0.2) is 72.8 Å². The van der Waals surface area contributed by atoms with Crippen LogP contribution in [0.3, 0.4) is 0 Å².